The zero-order valence-corrected chi connectivity index (χ0v) is 10.7. The molecule has 1 aromatic heterocycles. The molecule has 0 saturated heterocycles. The van der Waals surface area contributed by atoms with Gasteiger partial charge >= 0.3 is 0 Å². The van der Waals surface area contributed by atoms with Crippen LogP contribution in [0.4, 0.5) is 0 Å². The Bertz CT molecular complexity index is 314. The van der Waals surface area contributed by atoms with E-state index in [9.17, 15) is 4.21 Å². The van der Waals surface area contributed by atoms with Gasteiger partial charge in [0, 0.05) is 29.4 Å². The SMILES string of the molecule is CC(NCCS(C)=O)c1occc1Br. The Balaban J connectivity index is 2.39. The van der Waals surface area contributed by atoms with Gasteiger partial charge in [-0.2, -0.15) is 0 Å². The largest absolute Gasteiger partial charge is 0.466 e. The van der Waals surface area contributed by atoms with Gasteiger partial charge in [-0.05, 0) is 28.9 Å². The van der Waals surface area contributed by atoms with Gasteiger partial charge in [0.1, 0.15) is 5.76 Å². The van der Waals surface area contributed by atoms with Gasteiger partial charge in [-0.3, -0.25) is 4.21 Å². The highest BCUT2D eigenvalue weighted by Crippen LogP contribution is 2.23. The molecule has 5 heteroatoms. The fraction of sp³-hybridized carbons (Fsp3) is 0.556. The van der Waals surface area contributed by atoms with Crippen molar-refractivity contribution in [2.75, 3.05) is 18.6 Å². The van der Waals surface area contributed by atoms with E-state index < -0.39 is 10.8 Å². The standard InChI is InChI=1S/C9H14BrNO2S/c1-7(11-4-6-14(2)12)9-8(10)3-5-13-9/h3,5,7,11H,4,6H2,1-2H3. The van der Waals surface area contributed by atoms with Crippen LogP contribution < -0.4 is 5.32 Å². The van der Waals surface area contributed by atoms with Crippen LogP contribution in [0.5, 0.6) is 0 Å². The summed E-state index contributed by atoms with van der Waals surface area (Å²) >= 11 is 3.39. The summed E-state index contributed by atoms with van der Waals surface area (Å²) in [6.45, 7) is 2.75. The monoisotopic (exact) mass is 279 g/mol. The molecule has 0 aliphatic rings. The summed E-state index contributed by atoms with van der Waals surface area (Å²) in [5.41, 5.74) is 0. The summed E-state index contributed by atoms with van der Waals surface area (Å²) in [4.78, 5) is 0. The molecular weight excluding hydrogens is 266 g/mol. The minimum Gasteiger partial charge on any atom is -0.466 e. The molecule has 0 bridgehead atoms. The van der Waals surface area contributed by atoms with Crippen molar-refractivity contribution in [3.63, 3.8) is 0 Å². The van der Waals surface area contributed by atoms with Crippen molar-refractivity contribution in [2.45, 2.75) is 13.0 Å². The molecule has 0 aliphatic carbocycles. The van der Waals surface area contributed by atoms with E-state index in [1.54, 1.807) is 12.5 Å². The fourth-order valence-corrected chi connectivity index (χ4v) is 2.08. The molecule has 0 spiro atoms. The molecule has 1 heterocycles. The van der Waals surface area contributed by atoms with Crippen LogP contribution in [0.3, 0.4) is 0 Å². The number of hydrogen-bond acceptors (Lipinski definition) is 3. The first-order valence-corrected chi connectivity index (χ1v) is 6.89. The average Bonchev–Trinajstić information content (AvgIpc) is 2.50. The second-order valence-electron chi connectivity index (χ2n) is 3.09. The second-order valence-corrected chi connectivity index (χ2v) is 5.49. The summed E-state index contributed by atoms with van der Waals surface area (Å²) in [7, 11) is -0.739. The molecule has 1 rings (SSSR count). The molecule has 1 aromatic rings. The summed E-state index contributed by atoms with van der Waals surface area (Å²) in [5.74, 6) is 1.55. The van der Waals surface area contributed by atoms with Crippen LogP contribution in [0.2, 0.25) is 0 Å². The van der Waals surface area contributed by atoms with Gasteiger partial charge in [-0.15, -0.1) is 0 Å². The van der Waals surface area contributed by atoms with E-state index in [-0.39, 0.29) is 6.04 Å². The molecule has 0 aliphatic heterocycles. The normalized spacial score (nSPS) is 15.4. The minimum atomic E-state index is -0.739. The van der Waals surface area contributed by atoms with Crippen molar-refractivity contribution in [3.8, 4) is 0 Å². The van der Waals surface area contributed by atoms with Crippen molar-refractivity contribution >= 4 is 26.7 Å². The van der Waals surface area contributed by atoms with Crippen LogP contribution >= 0.6 is 15.9 Å². The van der Waals surface area contributed by atoms with Crippen LogP contribution in [0.25, 0.3) is 0 Å². The minimum absolute atomic E-state index is 0.142. The van der Waals surface area contributed by atoms with E-state index in [2.05, 4.69) is 21.2 Å². The zero-order chi connectivity index (χ0) is 10.6. The number of rotatable bonds is 5. The molecule has 0 saturated carbocycles. The Morgan fingerprint density at radius 2 is 2.43 bits per heavy atom. The van der Waals surface area contributed by atoms with Crippen LogP contribution in [0, 0.1) is 0 Å². The Labute approximate surface area is 94.8 Å². The maximum Gasteiger partial charge on any atom is 0.134 e. The van der Waals surface area contributed by atoms with E-state index in [0.29, 0.717) is 5.75 Å². The molecule has 0 fully saturated rings. The van der Waals surface area contributed by atoms with Crippen LogP contribution in [0.1, 0.15) is 18.7 Å². The predicted octanol–water partition coefficient (Wildman–Crippen LogP) is 2.07. The van der Waals surface area contributed by atoms with E-state index in [1.807, 2.05) is 13.0 Å². The Kier molecular flexibility index (Phi) is 4.84. The Morgan fingerprint density at radius 3 is 2.93 bits per heavy atom. The van der Waals surface area contributed by atoms with Gasteiger partial charge in [0.2, 0.25) is 0 Å². The van der Waals surface area contributed by atoms with Crippen molar-refractivity contribution in [1.29, 1.82) is 0 Å². The lowest BCUT2D eigenvalue weighted by Crippen LogP contribution is -2.23. The third-order valence-electron chi connectivity index (χ3n) is 1.88. The summed E-state index contributed by atoms with van der Waals surface area (Å²) in [6.07, 6.45) is 3.35. The lowest BCUT2D eigenvalue weighted by Gasteiger charge is -2.10. The Hall–Kier alpha value is -0.130. The smallest absolute Gasteiger partial charge is 0.134 e. The molecule has 0 amide bonds. The number of halogens is 1. The maximum absolute atomic E-state index is 10.8. The number of hydrogen-bond donors (Lipinski definition) is 1. The molecule has 2 atom stereocenters. The van der Waals surface area contributed by atoms with Crippen molar-refractivity contribution in [3.05, 3.63) is 22.6 Å². The zero-order valence-electron chi connectivity index (χ0n) is 8.25. The van der Waals surface area contributed by atoms with E-state index in [1.165, 1.54) is 0 Å². The molecular formula is C9H14BrNO2S. The van der Waals surface area contributed by atoms with Crippen LogP contribution in [0.15, 0.2) is 21.2 Å². The molecule has 2 unspecified atom stereocenters. The maximum atomic E-state index is 10.8. The van der Waals surface area contributed by atoms with Crippen molar-refractivity contribution in [1.82, 2.24) is 5.32 Å². The van der Waals surface area contributed by atoms with Gasteiger partial charge in [0.05, 0.1) is 16.8 Å². The third-order valence-corrected chi connectivity index (χ3v) is 3.31. The van der Waals surface area contributed by atoms with Crippen LogP contribution in [-0.4, -0.2) is 22.8 Å². The fourth-order valence-electron chi connectivity index (χ4n) is 1.13. The average molecular weight is 280 g/mol. The van der Waals surface area contributed by atoms with Crippen molar-refractivity contribution < 1.29 is 8.63 Å². The summed E-state index contributed by atoms with van der Waals surface area (Å²) in [5, 5.41) is 3.24. The van der Waals surface area contributed by atoms with Crippen molar-refractivity contribution in [2.24, 2.45) is 0 Å². The first kappa shape index (κ1) is 11.9. The van der Waals surface area contributed by atoms with Gasteiger partial charge in [0.25, 0.3) is 0 Å². The first-order chi connectivity index (χ1) is 6.61. The molecule has 0 aromatic carbocycles. The quantitative estimate of drug-likeness (QED) is 0.897. The van der Waals surface area contributed by atoms with Crippen LogP contribution in [-0.2, 0) is 10.8 Å². The van der Waals surface area contributed by atoms with E-state index >= 15 is 0 Å². The molecule has 1 N–H and O–H groups in total. The van der Waals surface area contributed by atoms with Gasteiger partial charge in [-0.25, -0.2) is 0 Å². The Morgan fingerprint density at radius 1 is 1.71 bits per heavy atom. The van der Waals surface area contributed by atoms with Gasteiger partial charge < -0.3 is 9.73 Å². The number of nitrogens with one attached hydrogen (secondary N) is 1. The van der Waals surface area contributed by atoms with E-state index in [4.69, 9.17) is 4.42 Å². The topological polar surface area (TPSA) is 42.2 Å². The van der Waals surface area contributed by atoms with E-state index in [0.717, 1.165) is 16.8 Å². The second kappa shape index (κ2) is 5.68. The molecule has 0 radical (unpaired) electrons. The number of furan rings is 1. The molecule has 14 heavy (non-hydrogen) atoms. The lowest BCUT2D eigenvalue weighted by atomic mass is 10.2. The first-order valence-electron chi connectivity index (χ1n) is 4.37. The van der Waals surface area contributed by atoms with Gasteiger partial charge in [0.15, 0.2) is 0 Å². The molecule has 80 valence electrons. The summed E-state index contributed by atoms with van der Waals surface area (Å²) < 4.78 is 17.1. The highest BCUT2D eigenvalue weighted by atomic mass is 79.9. The highest BCUT2D eigenvalue weighted by Gasteiger charge is 2.11. The third kappa shape index (κ3) is 3.55. The highest BCUT2D eigenvalue weighted by molar-refractivity contribution is 9.10. The summed E-state index contributed by atoms with van der Waals surface area (Å²) in [6, 6.07) is 2.01. The molecule has 3 nitrogen and oxygen atoms in total. The lowest BCUT2D eigenvalue weighted by molar-refractivity contribution is 0.435. The van der Waals surface area contributed by atoms with Gasteiger partial charge in [-0.1, -0.05) is 0 Å². The predicted molar refractivity (Wildman–Crippen MR) is 61.8 cm³/mol.